The molecule has 0 saturated carbocycles. The zero-order chi connectivity index (χ0) is 11.0. The monoisotopic (exact) mass is 224 g/mol. The summed E-state index contributed by atoms with van der Waals surface area (Å²) in [4.78, 5) is 14.9. The maximum atomic E-state index is 10.7. The summed E-state index contributed by atoms with van der Waals surface area (Å²) < 4.78 is 4.99. The maximum absolute atomic E-state index is 10.7. The molecular weight excluding hydrogens is 216 g/mol. The van der Waals surface area contributed by atoms with Gasteiger partial charge in [-0.1, -0.05) is 5.16 Å². The summed E-state index contributed by atoms with van der Waals surface area (Å²) in [6.07, 6.45) is 1.34. The van der Waals surface area contributed by atoms with Gasteiger partial charge in [-0.3, -0.25) is 0 Å². The lowest BCUT2D eigenvalue weighted by Gasteiger charge is -1.91. The van der Waals surface area contributed by atoms with E-state index >= 15 is 0 Å². The Kier molecular flexibility index (Phi) is 2.28. The smallest absolute Gasteiger partial charge is 0.347 e. The number of aromatic carboxylic acids is 1. The Hall–Kier alpha value is -1.69. The van der Waals surface area contributed by atoms with E-state index in [2.05, 4.69) is 10.1 Å². The first-order chi connectivity index (χ1) is 7.09. The Balaban J connectivity index is 2.50. The first-order valence-corrected chi connectivity index (χ1v) is 5.03. The molecule has 0 amide bonds. The van der Waals surface area contributed by atoms with E-state index < -0.39 is 5.97 Å². The van der Waals surface area contributed by atoms with Gasteiger partial charge in [-0.2, -0.15) is 0 Å². The van der Waals surface area contributed by atoms with Crippen molar-refractivity contribution >= 4 is 17.3 Å². The third-order valence-corrected chi connectivity index (χ3v) is 2.97. The van der Waals surface area contributed by atoms with Gasteiger partial charge in [-0.05, 0) is 13.8 Å². The van der Waals surface area contributed by atoms with Gasteiger partial charge in [0.25, 0.3) is 0 Å². The summed E-state index contributed by atoms with van der Waals surface area (Å²) in [6, 6.07) is 0. The van der Waals surface area contributed by atoms with Crippen molar-refractivity contribution in [2.24, 2.45) is 0 Å². The van der Waals surface area contributed by atoms with E-state index in [-0.39, 0.29) is 4.88 Å². The number of hydrogen-bond donors (Lipinski definition) is 1. The molecule has 0 aliphatic rings. The van der Waals surface area contributed by atoms with Crippen LogP contribution in [-0.4, -0.2) is 21.2 Å². The summed E-state index contributed by atoms with van der Waals surface area (Å²) >= 11 is 1.12. The molecule has 6 heteroatoms. The number of aryl methyl sites for hydroxylation is 2. The van der Waals surface area contributed by atoms with Crippen LogP contribution in [0.4, 0.5) is 0 Å². The van der Waals surface area contributed by atoms with E-state index in [1.54, 1.807) is 13.8 Å². The van der Waals surface area contributed by atoms with Crippen molar-refractivity contribution in [2.75, 3.05) is 0 Å². The SMILES string of the molecule is Cc1noc(C)c1-c1ncc(C(=O)O)s1. The molecule has 0 fully saturated rings. The van der Waals surface area contributed by atoms with Crippen molar-refractivity contribution in [1.82, 2.24) is 10.1 Å². The minimum absolute atomic E-state index is 0.213. The fraction of sp³-hybridized carbons (Fsp3) is 0.222. The van der Waals surface area contributed by atoms with Gasteiger partial charge in [0.2, 0.25) is 0 Å². The van der Waals surface area contributed by atoms with Crippen LogP contribution in [0, 0.1) is 13.8 Å². The molecule has 2 heterocycles. The molecule has 0 aliphatic heterocycles. The Bertz CT molecular complexity index is 496. The molecule has 0 atom stereocenters. The third kappa shape index (κ3) is 1.63. The number of carbonyl (C=O) groups is 1. The van der Waals surface area contributed by atoms with Crippen LogP contribution in [0.2, 0.25) is 0 Å². The second-order valence-electron chi connectivity index (χ2n) is 3.03. The molecule has 0 unspecified atom stereocenters. The number of rotatable bonds is 2. The third-order valence-electron chi connectivity index (χ3n) is 1.96. The van der Waals surface area contributed by atoms with Gasteiger partial charge in [0, 0.05) is 0 Å². The molecule has 1 N–H and O–H groups in total. The van der Waals surface area contributed by atoms with E-state index in [4.69, 9.17) is 9.63 Å². The Morgan fingerprint density at radius 2 is 2.27 bits per heavy atom. The summed E-state index contributed by atoms with van der Waals surface area (Å²) in [5.41, 5.74) is 1.51. The number of carboxylic acids is 1. The van der Waals surface area contributed by atoms with Crippen molar-refractivity contribution in [2.45, 2.75) is 13.8 Å². The summed E-state index contributed by atoms with van der Waals surface area (Å²) in [5.74, 6) is -0.315. The summed E-state index contributed by atoms with van der Waals surface area (Å²) in [5, 5.41) is 13.2. The van der Waals surface area contributed by atoms with Gasteiger partial charge in [-0.15, -0.1) is 11.3 Å². The van der Waals surface area contributed by atoms with Gasteiger partial charge in [0.15, 0.2) is 0 Å². The molecule has 0 aliphatic carbocycles. The lowest BCUT2D eigenvalue weighted by atomic mass is 10.2. The van der Waals surface area contributed by atoms with Crippen molar-refractivity contribution in [3.8, 4) is 10.6 Å². The van der Waals surface area contributed by atoms with Crippen LogP contribution in [0.1, 0.15) is 21.1 Å². The normalized spacial score (nSPS) is 10.5. The zero-order valence-electron chi connectivity index (χ0n) is 8.14. The van der Waals surface area contributed by atoms with E-state index in [1.807, 2.05) is 0 Å². The quantitative estimate of drug-likeness (QED) is 0.845. The van der Waals surface area contributed by atoms with Crippen LogP contribution < -0.4 is 0 Å². The second-order valence-corrected chi connectivity index (χ2v) is 4.06. The van der Waals surface area contributed by atoms with Crippen molar-refractivity contribution in [3.63, 3.8) is 0 Å². The van der Waals surface area contributed by atoms with Gasteiger partial charge in [-0.25, -0.2) is 9.78 Å². The standard InChI is InChI=1S/C9H8N2O3S/c1-4-7(5(2)14-11-4)8-10-3-6(15-8)9(12)13/h3H,1-2H3,(H,12,13). The summed E-state index contributed by atoms with van der Waals surface area (Å²) in [6.45, 7) is 3.57. The molecule has 0 spiro atoms. The molecule has 0 bridgehead atoms. The molecule has 2 rings (SSSR count). The van der Waals surface area contributed by atoms with E-state index in [0.717, 1.165) is 22.6 Å². The van der Waals surface area contributed by atoms with Crippen molar-refractivity contribution in [3.05, 3.63) is 22.5 Å². The van der Waals surface area contributed by atoms with Gasteiger partial charge >= 0.3 is 5.97 Å². The largest absolute Gasteiger partial charge is 0.477 e. The molecule has 2 aromatic heterocycles. The average Bonchev–Trinajstić information content (AvgIpc) is 2.73. The number of thiazole rings is 1. The highest BCUT2D eigenvalue weighted by molar-refractivity contribution is 7.16. The molecule has 2 aromatic rings. The molecule has 15 heavy (non-hydrogen) atoms. The Morgan fingerprint density at radius 3 is 2.73 bits per heavy atom. The lowest BCUT2D eigenvalue weighted by Crippen LogP contribution is -1.89. The summed E-state index contributed by atoms with van der Waals surface area (Å²) in [7, 11) is 0. The van der Waals surface area contributed by atoms with Crippen LogP contribution >= 0.6 is 11.3 Å². The van der Waals surface area contributed by atoms with Crippen molar-refractivity contribution in [1.29, 1.82) is 0 Å². The van der Waals surface area contributed by atoms with Gasteiger partial charge in [0.05, 0.1) is 17.5 Å². The van der Waals surface area contributed by atoms with Crippen LogP contribution in [0.5, 0.6) is 0 Å². The first-order valence-electron chi connectivity index (χ1n) is 4.22. The average molecular weight is 224 g/mol. The van der Waals surface area contributed by atoms with Crippen LogP contribution in [-0.2, 0) is 0 Å². The maximum Gasteiger partial charge on any atom is 0.347 e. The number of hydrogen-bond acceptors (Lipinski definition) is 5. The highest BCUT2D eigenvalue weighted by Gasteiger charge is 2.16. The lowest BCUT2D eigenvalue weighted by molar-refractivity contribution is 0.0702. The van der Waals surface area contributed by atoms with Crippen LogP contribution in [0.25, 0.3) is 10.6 Å². The zero-order valence-corrected chi connectivity index (χ0v) is 8.96. The van der Waals surface area contributed by atoms with Gasteiger partial charge < -0.3 is 9.63 Å². The second kappa shape index (κ2) is 3.47. The van der Waals surface area contributed by atoms with E-state index in [9.17, 15) is 4.79 Å². The minimum atomic E-state index is -0.967. The number of aromatic nitrogens is 2. The van der Waals surface area contributed by atoms with Crippen molar-refractivity contribution < 1.29 is 14.4 Å². The molecule has 78 valence electrons. The molecule has 5 nitrogen and oxygen atoms in total. The highest BCUT2D eigenvalue weighted by Crippen LogP contribution is 2.30. The molecule has 0 aromatic carbocycles. The molecule has 0 radical (unpaired) electrons. The predicted octanol–water partition coefficient (Wildman–Crippen LogP) is 2.11. The molecule has 0 saturated heterocycles. The van der Waals surface area contributed by atoms with E-state index in [1.165, 1.54) is 6.20 Å². The Labute approximate surface area is 89.4 Å². The first kappa shape index (κ1) is 9.85. The Morgan fingerprint density at radius 1 is 1.53 bits per heavy atom. The minimum Gasteiger partial charge on any atom is -0.477 e. The van der Waals surface area contributed by atoms with Gasteiger partial charge in [0.1, 0.15) is 15.6 Å². The van der Waals surface area contributed by atoms with E-state index in [0.29, 0.717) is 10.8 Å². The van der Waals surface area contributed by atoms with Crippen LogP contribution in [0.15, 0.2) is 10.7 Å². The number of nitrogens with zero attached hydrogens (tertiary/aromatic N) is 2. The molecular formula is C9H8N2O3S. The fourth-order valence-electron chi connectivity index (χ4n) is 1.28. The fourth-order valence-corrected chi connectivity index (χ4v) is 2.18. The number of carboxylic acid groups (broad SMARTS) is 1. The predicted molar refractivity (Wildman–Crippen MR) is 54.0 cm³/mol. The highest BCUT2D eigenvalue weighted by atomic mass is 32.1. The van der Waals surface area contributed by atoms with Crippen LogP contribution in [0.3, 0.4) is 0 Å². The topological polar surface area (TPSA) is 76.2 Å².